The van der Waals surface area contributed by atoms with E-state index in [0.29, 0.717) is 6.42 Å². The maximum Gasteiger partial charge on any atom is 0.307 e. The Morgan fingerprint density at radius 1 is 1.36 bits per heavy atom. The van der Waals surface area contributed by atoms with Crippen LogP contribution < -0.4 is 5.32 Å². The third-order valence-electron chi connectivity index (χ3n) is 4.12. The minimum absolute atomic E-state index is 0.0455. The van der Waals surface area contributed by atoms with Crippen molar-refractivity contribution in [3.63, 3.8) is 0 Å². The Balaban J connectivity index is 1.93. The smallest absolute Gasteiger partial charge is 0.307 e. The highest BCUT2D eigenvalue weighted by molar-refractivity contribution is 5.82. The average Bonchev–Trinajstić information content (AvgIpc) is 2.91. The van der Waals surface area contributed by atoms with Crippen molar-refractivity contribution in [1.29, 1.82) is 0 Å². The summed E-state index contributed by atoms with van der Waals surface area (Å²) in [5, 5.41) is 2.58. The van der Waals surface area contributed by atoms with Crippen molar-refractivity contribution >= 4 is 17.8 Å². The Labute approximate surface area is 144 Å². The van der Waals surface area contributed by atoms with Crippen molar-refractivity contribution < 1.29 is 27.9 Å². The molecular formula is C17H20F2N2O4. The normalized spacial score (nSPS) is 16.8. The third-order valence-corrected chi connectivity index (χ3v) is 4.12. The number of nitrogens with zero attached hydrogens (tertiary/aromatic N) is 1. The first-order valence-electron chi connectivity index (χ1n) is 7.98. The number of carbonyl (C=O) groups is 3. The summed E-state index contributed by atoms with van der Waals surface area (Å²) in [5.41, 5.74) is 0.0753. The van der Waals surface area contributed by atoms with Gasteiger partial charge >= 0.3 is 5.97 Å². The molecular weight excluding hydrogens is 334 g/mol. The molecule has 136 valence electrons. The molecule has 0 bridgehead atoms. The average molecular weight is 354 g/mol. The van der Waals surface area contributed by atoms with Gasteiger partial charge in [0, 0.05) is 37.5 Å². The van der Waals surface area contributed by atoms with E-state index in [1.165, 1.54) is 24.1 Å². The lowest BCUT2D eigenvalue weighted by Crippen LogP contribution is -2.37. The molecule has 1 unspecified atom stereocenters. The van der Waals surface area contributed by atoms with Crippen LogP contribution in [0.15, 0.2) is 18.2 Å². The Morgan fingerprint density at radius 3 is 2.84 bits per heavy atom. The number of carbonyl (C=O) groups excluding carboxylic acids is 3. The van der Waals surface area contributed by atoms with Gasteiger partial charge in [-0.1, -0.05) is 12.1 Å². The van der Waals surface area contributed by atoms with Gasteiger partial charge in [-0.2, -0.15) is 0 Å². The number of likely N-dealkylation sites (tertiary alicyclic amines) is 1. The van der Waals surface area contributed by atoms with Gasteiger partial charge in [-0.15, -0.1) is 0 Å². The Morgan fingerprint density at radius 2 is 2.12 bits per heavy atom. The van der Waals surface area contributed by atoms with Crippen LogP contribution in [-0.2, 0) is 25.7 Å². The van der Waals surface area contributed by atoms with E-state index in [0.717, 1.165) is 6.07 Å². The molecule has 2 amide bonds. The van der Waals surface area contributed by atoms with E-state index >= 15 is 0 Å². The zero-order valence-electron chi connectivity index (χ0n) is 13.9. The fraction of sp³-hybridized carbons (Fsp3) is 0.471. The summed E-state index contributed by atoms with van der Waals surface area (Å²) in [5.74, 6) is -2.89. The number of hydrogen-bond acceptors (Lipinski definition) is 4. The molecule has 1 atom stereocenters. The number of esters is 1. The summed E-state index contributed by atoms with van der Waals surface area (Å²) in [6.45, 7) is 0.0627. The van der Waals surface area contributed by atoms with Gasteiger partial charge in [0.2, 0.25) is 11.8 Å². The molecule has 1 aromatic carbocycles. The number of rotatable bonds is 7. The Kier molecular flexibility index (Phi) is 6.44. The van der Waals surface area contributed by atoms with Crippen molar-refractivity contribution in [2.45, 2.75) is 38.3 Å². The van der Waals surface area contributed by atoms with E-state index in [4.69, 9.17) is 0 Å². The zero-order valence-corrected chi connectivity index (χ0v) is 13.9. The maximum atomic E-state index is 13.8. The van der Waals surface area contributed by atoms with E-state index in [1.54, 1.807) is 0 Å². The molecule has 0 saturated carbocycles. The molecule has 8 heteroatoms. The number of hydrogen-bond donors (Lipinski definition) is 1. The number of halogens is 2. The number of nitrogens with one attached hydrogen (secondary N) is 1. The van der Waals surface area contributed by atoms with E-state index in [2.05, 4.69) is 10.1 Å². The molecule has 1 aromatic rings. The minimum atomic E-state index is -0.983. The van der Waals surface area contributed by atoms with Crippen molar-refractivity contribution in [3.8, 4) is 0 Å². The molecule has 0 spiro atoms. The molecule has 1 heterocycles. The van der Waals surface area contributed by atoms with Gasteiger partial charge in [-0.05, 0) is 12.5 Å². The fourth-order valence-electron chi connectivity index (χ4n) is 2.77. The fourth-order valence-corrected chi connectivity index (χ4v) is 2.77. The van der Waals surface area contributed by atoms with Gasteiger partial charge in [0.05, 0.1) is 13.5 Å². The van der Waals surface area contributed by atoms with Crippen LogP contribution in [0.5, 0.6) is 0 Å². The summed E-state index contributed by atoms with van der Waals surface area (Å²) in [6, 6.07) is 3.42. The molecule has 6 nitrogen and oxygen atoms in total. The van der Waals surface area contributed by atoms with Crippen LogP contribution in [-0.4, -0.2) is 42.4 Å². The lowest BCUT2D eigenvalue weighted by molar-refractivity contribution is -0.140. The number of ether oxygens (including phenoxy) is 1. The molecule has 1 saturated heterocycles. The third kappa shape index (κ3) is 4.98. The van der Waals surface area contributed by atoms with Crippen LogP contribution in [0.2, 0.25) is 0 Å². The van der Waals surface area contributed by atoms with Crippen LogP contribution in [0.1, 0.15) is 31.2 Å². The topological polar surface area (TPSA) is 75.7 Å². The van der Waals surface area contributed by atoms with Gasteiger partial charge in [-0.3, -0.25) is 14.4 Å². The summed E-state index contributed by atoms with van der Waals surface area (Å²) in [6.07, 6.45) is 0.838. The summed E-state index contributed by atoms with van der Waals surface area (Å²) in [7, 11) is 1.26. The highest BCUT2D eigenvalue weighted by Crippen LogP contribution is 2.25. The number of amides is 2. The lowest BCUT2D eigenvalue weighted by Gasteiger charge is -2.25. The van der Waals surface area contributed by atoms with E-state index in [1.807, 2.05) is 0 Å². The van der Waals surface area contributed by atoms with Crippen molar-refractivity contribution in [1.82, 2.24) is 10.2 Å². The molecule has 2 rings (SSSR count). The molecule has 0 aliphatic carbocycles. The SMILES string of the molecule is COC(=O)CCNC(=O)CC1CCC(=O)N1Cc1cccc(F)c1F. The first-order valence-corrected chi connectivity index (χ1v) is 7.98. The molecule has 0 radical (unpaired) electrons. The quantitative estimate of drug-likeness (QED) is 0.754. The lowest BCUT2D eigenvalue weighted by atomic mass is 10.1. The van der Waals surface area contributed by atoms with Gasteiger partial charge in [0.1, 0.15) is 0 Å². The summed E-state index contributed by atoms with van der Waals surface area (Å²) < 4.78 is 31.6. The van der Waals surface area contributed by atoms with Gasteiger partial charge in [-0.25, -0.2) is 8.78 Å². The second-order valence-electron chi connectivity index (χ2n) is 5.81. The van der Waals surface area contributed by atoms with Crippen LogP contribution in [0.3, 0.4) is 0 Å². The Hall–Kier alpha value is -2.51. The minimum Gasteiger partial charge on any atom is -0.469 e. The van der Waals surface area contributed by atoms with E-state index < -0.39 is 17.6 Å². The predicted octanol–water partition coefficient (Wildman–Crippen LogP) is 1.53. The van der Waals surface area contributed by atoms with Gasteiger partial charge in [0.15, 0.2) is 11.6 Å². The predicted molar refractivity (Wildman–Crippen MR) is 84.2 cm³/mol. The summed E-state index contributed by atoms with van der Waals surface area (Å²) in [4.78, 5) is 36.4. The summed E-state index contributed by atoms with van der Waals surface area (Å²) >= 11 is 0. The molecule has 1 fully saturated rings. The first kappa shape index (κ1) is 18.8. The highest BCUT2D eigenvalue weighted by Gasteiger charge is 2.33. The second-order valence-corrected chi connectivity index (χ2v) is 5.81. The van der Waals surface area contributed by atoms with Crippen molar-refractivity contribution in [2.24, 2.45) is 0 Å². The number of benzene rings is 1. The van der Waals surface area contributed by atoms with Crippen molar-refractivity contribution in [2.75, 3.05) is 13.7 Å². The molecule has 1 aliphatic heterocycles. The molecule has 25 heavy (non-hydrogen) atoms. The monoisotopic (exact) mass is 354 g/mol. The molecule has 1 aliphatic rings. The van der Waals surface area contributed by atoms with Crippen LogP contribution >= 0.6 is 0 Å². The van der Waals surface area contributed by atoms with Gasteiger partial charge < -0.3 is 15.0 Å². The molecule has 1 N–H and O–H groups in total. The van der Waals surface area contributed by atoms with Crippen LogP contribution in [0.4, 0.5) is 8.78 Å². The van der Waals surface area contributed by atoms with E-state index in [9.17, 15) is 23.2 Å². The molecule has 0 aromatic heterocycles. The second kappa shape index (κ2) is 8.55. The first-order chi connectivity index (χ1) is 11.9. The van der Waals surface area contributed by atoms with Crippen LogP contribution in [0.25, 0.3) is 0 Å². The van der Waals surface area contributed by atoms with Crippen molar-refractivity contribution in [3.05, 3.63) is 35.4 Å². The maximum absolute atomic E-state index is 13.8. The van der Waals surface area contributed by atoms with Gasteiger partial charge in [0.25, 0.3) is 0 Å². The standard InChI is InChI=1S/C17H20F2N2O4/c1-25-16(24)7-8-20-14(22)9-12-5-6-15(23)21(12)10-11-3-2-4-13(18)17(11)19/h2-4,12H,5-10H2,1H3,(H,20,22). The Bertz CT molecular complexity index is 666. The van der Waals surface area contributed by atoms with Crippen LogP contribution in [0, 0.1) is 11.6 Å². The largest absolute Gasteiger partial charge is 0.469 e. The van der Waals surface area contributed by atoms with E-state index in [-0.39, 0.29) is 55.8 Å². The zero-order chi connectivity index (χ0) is 18.4. The highest BCUT2D eigenvalue weighted by atomic mass is 19.2. The number of methoxy groups -OCH3 is 1.